The number of imide groups is 1. The van der Waals surface area contributed by atoms with Crippen LogP contribution in [0.3, 0.4) is 0 Å². The van der Waals surface area contributed by atoms with E-state index in [1.54, 1.807) is 12.1 Å². The van der Waals surface area contributed by atoms with Crippen LogP contribution in [0.4, 0.5) is 5.69 Å². The van der Waals surface area contributed by atoms with Gasteiger partial charge in [-0.05, 0) is 73.0 Å². The van der Waals surface area contributed by atoms with E-state index < -0.39 is 5.91 Å². The minimum atomic E-state index is -0.430. The van der Waals surface area contributed by atoms with Crippen molar-refractivity contribution in [3.8, 4) is 0 Å². The lowest BCUT2D eigenvalue weighted by Gasteiger charge is -2.35. The van der Waals surface area contributed by atoms with E-state index in [2.05, 4.69) is 29.5 Å². The molecule has 0 bridgehead atoms. The molecule has 0 aromatic heterocycles. The molecule has 2 amide bonds. The standard InChI is InChI=1S/C16H16ClIN2O2/c1-10-4-2-3-9-19(10)14-13(17)15(21)20(16(14)22)12-7-5-11(18)6-8-12/h5-8,10H,2-4,9H2,1H3. The summed E-state index contributed by atoms with van der Waals surface area (Å²) in [5.74, 6) is -0.745. The molecule has 1 atom stereocenters. The maximum Gasteiger partial charge on any atom is 0.283 e. The predicted octanol–water partition coefficient (Wildman–Crippen LogP) is 3.49. The molecule has 0 saturated carbocycles. The second-order valence-electron chi connectivity index (χ2n) is 5.62. The summed E-state index contributed by atoms with van der Waals surface area (Å²) in [5.41, 5.74) is 0.922. The molecule has 1 aromatic carbocycles. The average molecular weight is 431 g/mol. The fourth-order valence-electron chi connectivity index (χ4n) is 3.00. The number of amides is 2. The van der Waals surface area contributed by atoms with E-state index in [1.807, 2.05) is 17.0 Å². The summed E-state index contributed by atoms with van der Waals surface area (Å²) >= 11 is 8.41. The van der Waals surface area contributed by atoms with Gasteiger partial charge in [-0.25, -0.2) is 4.90 Å². The Labute approximate surface area is 148 Å². The molecule has 0 spiro atoms. The lowest BCUT2D eigenvalue weighted by Crippen LogP contribution is -2.41. The molecule has 4 nitrogen and oxygen atoms in total. The van der Waals surface area contributed by atoms with E-state index in [1.165, 1.54) is 4.90 Å². The monoisotopic (exact) mass is 430 g/mol. The fraction of sp³-hybridized carbons (Fsp3) is 0.375. The van der Waals surface area contributed by atoms with Crippen LogP contribution in [0.15, 0.2) is 35.0 Å². The van der Waals surface area contributed by atoms with Gasteiger partial charge in [0.1, 0.15) is 10.7 Å². The zero-order valence-electron chi connectivity index (χ0n) is 12.2. The molecule has 1 unspecified atom stereocenters. The number of carbonyl (C=O) groups excluding carboxylic acids is 2. The van der Waals surface area contributed by atoms with Crippen molar-refractivity contribution < 1.29 is 9.59 Å². The second kappa shape index (κ2) is 6.20. The van der Waals surface area contributed by atoms with Gasteiger partial charge in [0.2, 0.25) is 0 Å². The van der Waals surface area contributed by atoms with Crippen molar-refractivity contribution in [2.24, 2.45) is 0 Å². The van der Waals surface area contributed by atoms with Crippen LogP contribution in [0, 0.1) is 3.57 Å². The van der Waals surface area contributed by atoms with Gasteiger partial charge in [0, 0.05) is 16.2 Å². The first-order chi connectivity index (χ1) is 10.5. The molecule has 2 heterocycles. The molecule has 1 fully saturated rings. The number of carbonyl (C=O) groups is 2. The number of hydrogen-bond donors (Lipinski definition) is 0. The summed E-state index contributed by atoms with van der Waals surface area (Å²) in [6, 6.07) is 7.50. The molecule has 0 aliphatic carbocycles. The van der Waals surface area contributed by atoms with Gasteiger partial charge in [-0.3, -0.25) is 9.59 Å². The van der Waals surface area contributed by atoms with Crippen LogP contribution in [0.2, 0.25) is 0 Å². The maximum absolute atomic E-state index is 12.8. The molecule has 116 valence electrons. The number of benzene rings is 1. The number of rotatable bonds is 2. The molecule has 3 rings (SSSR count). The number of nitrogens with zero attached hydrogens (tertiary/aromatic N) is 2. The number of anilines is 1. The smallest absolute Gasteiger partial charge is 0.283 e. The van der Waals surface area contributed by atoms with Crippen molar-refractivity contribution >= 4 is 51.7 Å². The lowest BCUT2D eigenvalue weighted by molar-refractivity contribution is -0.121. The first-order valence-corrected chi connectivity index (χ1v) is 8.77. The van der Waals surface area contributed by atoms with Crippen molar-refractivity contribution in [1.29, 1.82) is 0 Å². The first kappa shape index (κ1) is 15.8. The number of piperidine rings is 1. The Morgan fingerprint density at radius 1 is 1.14 bits per heavy atom. The van der Waals surface area contributed by atoms with Crippen molar-refractivity contribution in [2.75, 3.05) is 11.4 Å². The molecule has 2 aliphatic rings. The molecule has 1 aromatic rings. The quantitative estimate of drug-likeness (QED) is 0.533. The van der Waals surface area contributed by atoms with E-state index in [-0.39, 0.29) is 17.0 Å². The van der Waals surface area contributed by atoms with Gasteiger partial charge in [0.25, 0.3) is 11.8 Å². The molecule has 2 aliphatic heterocycles. The van der Waals surface area contributed by atoms with Gasteiger partial charge in [-0.1, -0.05) is 11.6 Å². The van der Waals surface area contributed by atoms with Crippen molar-refractivity contribution in [3.63, 3.8) is 0 Å². The SMILES string of the molecule is CC1CCCCN1C1=C(Cl)C(=O)N(c2ccc(I)cc2)C1=O. The topological polar surface area (TPSA) is 40.6 Å². The first-order valence-electron chi connectivity index (χ1n) is 7.31. The third kappa shape index (κ3) is 2.65. The highest BCUT2D eigenvalue weighted by atomic mass is 127. The summed E-state index contributed by atoms with van der Waals surface area (Å²) < 4.78 is 1.05. The van der Waals surface area contributed by atoms with Crippen molar-refractivity contribution in [1.82, 2.24) is 4.90 Å². The highest BCUT2D eigenvalue weighted by Gasteiger charge is 2.42. The zero-order valence-corrected chi connectivity index (χ0v) is 15.1. The van der Waals surface area contributed by atoms with Crippen molar-refractivity contribution in [2.45, 2.75) is 32.2 Å². The Morgan fingerprint density at radius 3 is 2.45 bits per heavy atom. The second-order valence-corrected chi connectivity index (χ2v) is 7.25. The summed E-state index contributed by atoms with van der Waals surface area (Å²) in [5, 5.41) is 0.0392. The zero-order chi connectivity index (χ0) is 15.9. The summed E-state index contributed by atoms with van der Waals surface area (Å²) in [6.07, 6.45) is 3.17. The Kier molecular flexibility index (Phi) is 4.45. The van der Waals surface area contributed by atoms with Gasteiger partial charge in [0.05, 0.1) is 5.69 Å². The van der Waals surface area contributed by atoms with Gasteiger partial charge < -0.3 is 4.90 Å². The van der Waals surface area contributed by atoms with Crippen LogP contribution in [-0.4, -0.2) is 29.3 Å². The molecule has 6 heteroatoms. The van der Waals surface area contributed by atoms with Crippen LogP contribution in [-0.2, 0) is 9.59 Å². The minimum Gasteiger partial charge on any atom is -0.363 e. The highest BCUT2D eigenvalue weighted by molar-refractivity contribution is 14.1. The van der Waals surface area contributed by atoms with Gasteiger partial charge in [0.15, 0.2) is 0 Å². The van der Waals surface area contributed by atoms with Crippen LogP contribution in [0.5, 0.6) is 0 Å². The summed E-state index contributed by atoms with van der Waals surface area (Å²) in [6.45, 7) is 2.84. The van der Waals surface area contributed by atoms with Crippen LogP contribution in [0.1, 0.15) is 26.2 Å². The third-order valence-electron chi connectivity index (χ3n) is 4.18. The Hall–Kier alpha value is -1.08. The van der Waals surface area contributed by atoms with Crippen LogP contribution in [0.25, 0.3) is 0 Å². The number of halogens is 2. The minimum absolute atomic E-state index is 0.0392. The number of hydrogen-bond acceptors (Lipinski definition) is 3. The molecule has 0 radical (unpaired) electrons. The van der Waals surface area contributed by atoms with Gasteiger partial charge in [-0.2, -0.15) is 0 Å². The average Bonchev–Trinajstić information content (AvgIpc) is 2.72. The molecule has 0 N–H and O–H groups in total. The summed E-state index contributed by atoms with van der Waals surface area (Å²) in [4.78, 5) is 28.4. The van der Waals surface area contributed by atoms with E-state index in [0.29, 0.717) is 11.4 Å². The number of likely N-dealkylation sites (tertiary alicyclic amines) is 1. The van der Waals surface area contributed by atoms with Crippen molar-refractivity contribution in [3.05, 3.63) is 38.6 Å². The van der Waals surface area contributed by atoms with E-state index >= 15 is 0 Å². The third-order valence-corrected chi connectivity index (χ3v) is 5.24. The normalized spacial score (nSPS) is 22.8. The molecule has 22 heavy (non-hydrogen) atoms. The maximum atomic E-state index is 12.8. The van der Waals surface area contributed by atoms with Gasteiger partial charge in [-0.15, -0.1) is 0 Å². The molecular formula is C16H16ClIN2O2. The van der Waals surface area contributed by atoms with Crippen LogP contribution >= 0.6 is 34.2 Å². The summed E-state index contributed by atoms with van der Waals surface area (Å²) in [7, 11) is 0. The van der Waals surface area contributed by atoms with E-state index in [4.69, 9.17) is 11.6 Å². The lowest BCUT2D eigenvalue weighted by atomic mass is 10.0. The Morgan fingerprint density at radius 2 is 1.82 bits per heavy atom. The highest BCUT2D eigenvalue weighted by Crippen LogP contribution is 2.34. The Balaban J connectivity index is 1.94. The fourth-order valence-corrected chi connectivity index (χ4v) is 3.63. The largest absolute Gasteiger partial charge is 0.363 e. The Bertz CT molecular complexity index is 657. The van der Waals surface area contributed by atoms with E-state index in [9.17, 15) is 9.59 Å². The van der Waals surface area contributed by atoms with E-state index in [0.717, 1.165) is 29.4 Å². The predicted molar refractivity (Wildman–Crippen MR) is 94.6 cm³/mol. The van der Waals surface area contributed by atoms with Crippen LogP contribution < -0.4 is 4.90 Å². The molecule has 1 saturated heterocycles. The molecular weight excluding hydrogens is 415 g/mol. The van der Waals surface area contributed by atoms with Gasteiger partial charge >= 0.3 is 0 Å².